The van der Waals surface area contributed by atoms with Gasteiger partial charge in [-0.05, 0) is 69.4 Å². The second-order valence-corrected chi connectivity index (χ2v) is 9.66. The summed E-state index contributed by atoms with van der Waals surface area (Å²) in [5.41, 5.74) is 5.32. The van der Waals surface area contributed by atoms with Crippen LogP contribution in [0.5, 0.6) is 0 Å². The standard InChI is InChI=1S/C22H28N2O3S/c1-15-7-10-20(17(3)13-15)18(4)23-22(25)19-9-8-16(2)21(14-19)24-11-5-6-12-28(24,26)27/h7-10,13-14,18H,5-6,11-12H2,1-4H3,(H,23,25)/t18-/m0/s1. The molecular formula is C22H28N2O3S. The van der Waals surface area contributed by atoms with Gasteiger partial charge in [-0.2, -0.15) is 0 Å². The molecule has 1 heterocycles. The summed E-state index contributed by atoms with van der Waals surface area (Å²) in [6, 6.07) is 11.3. The molecule has 1 aliphatic rings. The smallest absolute Gasteiger partial charge is 0.251 e. The first-order chi connectivity index (χ1) is 13.2. The lowest BCUT2D eigenvalue weighted by molar-refractivity contribution is 0.0940. The monoisotopic (exact) mass is 400 g/mol. The second kappa shape index (κ2) is 7.95. The fourth-order valence-electron chi connectivity index (χ4n) is 3.75. The molecule has 150 valence electrons. The van der Waals surface area contributed by atoms with E-state index in [0.29, 0.717) is 24.2 Å². The molecule has 2 aromatic carbocycles. The minimum atomic E-state index is -3.32. The van der Waals surface area contributed by atoms with E-state index in [4.69, 9.17) is 0 Å². The Balaban J connectivity index is 1.84. The number of hydrogen-bond donors (Lipinski definition) is 1. The van der Waals surface area contributed by atoms with Crippen LogP contribution < -0.4 is 9.62 Å². The van der Waals surface area contributed by atoms with E-state index in [1.165, 1.54) is 9.87 Å². The summed E-state index contributed by atoms with van der Waals surface area (Å²) < 4.78 is 26.4. The van der Waals surface area contributed by atoms with Gasteiger partial charge in [-0.15, -0.1) is 0 Å². The van der Waals surface area contributed by atoms with Crippen molar-refractivity contribution in [2.75, 3.05) is 16.6 Å². The maximum absolute atomic E-state index is 12.8. The minimum Gasteiger partial charge on any atom is -0.346 e. The molecule has 0 spiro atoms. The lowest BCUT2D eigenvalue weighted by atomic mass is 10.00. The molecule has 0 bridgehead atoms. The maximum Gasteiger partial charge on any atom is 0.251 e. The Kier molecular flexibility index (Phi) is 5.79. The highest BCUT2D eigenvalue weighted by molar-refractivity contribution is 7.92. The predicted molar refractivity (Wildman–Crippen MR) is 113 cm³/mol. The summed E-state index contributed by atoms with van der Waals surface area (Å²) in [5.74, 6) is -0.0461. The fraction of sp³-hybridized carbons (Fsp3) is 0.409. The summed E-state index contributed by atoms with van der Waals surface area (Å²) in [6.07, 6.45) is 1.52. The van der Waals surface area contributed by atoms with E-state index in [0.717, 1.165) is 23.1 Å². The van der Waals surface area contributed by atoms with E-state index in [9.17, 15) is 13.2 Å². The Hall–Kier alpha value is -2.34. The summed E-state index contributed by atoms with van der Waals surface area (Å²) in [5, 5.41) is 3.04. The van der Waals surface area contributed by atoms with Gasteiger partial charge in [0, 0.05) is 12.1 Å². The summed E-state index contributed by atoms with van der Waals surface area (Å²) in [4.78, 5) is 12.8. The average molecular weight is 401 g/mol. The average Bonchev–Trinajstić information content (AvgIpc) is 2.62. The van der Waals surface area contributed by atoms with E-state index < -0.39 is 10.0 Å². The SMILES string of the molecule is Cc1ccc([C@H](C)NC(=O)c2ccc(C)c(N3CCCCS3(=O)=O)c2)c(C)c1. The van der Waals surface area contributed by atoms with Gasteiger partial charge >= 0.3 is 0 Å². The topological polar surface area (TPSA) is 66.5 Å². The molecule has 5 nitrogen and oxygen atoms in total. The molecule has 28 heavy (non-hydrogen) atoms. The molecule has 0 radical (unpaired) electrons. The van der Waals surface area contributed by atoms with Crippen molar-refractivity contribution < 1.29 is 13.2 Å². The molecule has 0 aromatic heterocycles. The number of hydrogen-bond acceptors (Lipinski definition) is 3. The molecule has 0 unspecified atom stereocenters. The Morgan fingerprint density at radius 2 is 1.79 bits per heavy atom. The van der Waals surface area contributed by atoms with Crippen molar-refractivity contribution in [3.05, 3.63) is 64.2 Å². The highest BCUT2D eigenvalue weighted by Crippen LogP contribution is 2.28. The number of benzene rings is 2. The molecule has 1 saturated heterocycles. The van der Waals surface area contributed by atoms with Crippen LogP contribution in [0.1, 0.15) is 58.4 Å². The van der Waals surface area contributed by atoms with Gasteiger partial charge < -0.3 is 5.32 Å². The molecule has 3 rings (SSSR count). The molecule has 1 atom stereocenters. The molecule has 1 N–H and O–H groups in total. The van der Waals surface area contributed by atoms with Crippen molar-refractivity contribution in [3.63, 3.8) is 0 Å². The van der Waals surface area contributed by atoms with E-state index in [1.54, 1.807) is 12.1 Å². The molecule has 1 amide bonds. The number of aryl methyl sites for hydroxylation is 3. The van der Waals surface area contributed by atoms with Crippen molar-refractivity contribution in [2.45, 2.75) is 46.6 Å². The number of carbonyl (C=O) groups excluding carboxylic acids is 1. The van der Waals surface area contributed by atoms with Crippen molar-refractivity contribution in [1.82, 2.24) is 5.32 Å². The molecule has 1 aliphatic heterocycles. The van der Waals surface area contributed by atoms with Crippen LogP contribution in [0.2, 0.25) is 0 Å². The summed E-state index contributed by atoms with van der Waals surface area (Å²) >= 11 is 0. The van der Waals surface area contributed by atoms with Crippen LogP contribution >= 0.6 is 0 Å². The van der Waals surface area contributed by atoms with Crippen molar-refractivity contribution in [3.8, 4) is 0 Å². The van der Waals surface area contributed by atoms with Crippen LogP contribution in [0.15, 0.2) is 36.4 Å². The van der Waals surface area contributed by atoms with Crippen molar-refractivity contribution in [1.29, 1.82) is 0 Å². The molecular weight excluding hydrogens is 372 g/mol. The highest BCUT2D eigenvalue weighted by atomic mass is 32.2. The quantitative estimate of drug-likeness (QED) is 0.842. The third-order valence-electron chi connectivity index (χ3n) is 5.33. The Morgan fingerprint density at radius 1 is 1.04 bits per heavy atom. The Labute approximate surface area is 167 Å². The fourth-order valence-corrected chi connectivity index (χ4v) is 5.44. The van der Waals surface area contributed by atoms with Gasteiger partial charge in [0.2, 0.25) is 10.0 Å². The first kappa shape index (κ1) is 20.4. The zero-order valence-electron chi connectivity index (χ0n) is 17.0. The first-order valence-corrected chi connectivity index (χ1v) is 11.3. The molecule has 1 fully saturated rings. The van der Waals surface area contributed by atoms with Crippen molar-refractivity contribution in [2.24, 2.45) is 0 Å². The molecule has 0 aliphatic carbocycles. The van der Waals surface area contributed by atoms with Crippen LogP contribution in [0, 0.1) is 20.8 Å². The van der Waals surface area contributed by atoms with Crippen LogP contribution in [-0.2, 0) is 10.0 Å². The third kappa shape index (κ3) is 4.22. The molecule has 0 saturated carbocycles. The summed E-state index contributed by atoms with van der Waals surface area (Å²) in [6.45, 7) is 8.38. The van der Waals surface area contributed by atoms with E-state index in [-0.39, 0.29) is 17.7 Å². The zero-order valence-corrected chi connectivity index (χ0v) is 17.8. The van der Waals surface area contributed by atoms with Crippen LogP contribution in [-0.4, -0.2) is 26.6 Å². The van der Waals surface area contributed by atoms with E-state index in [2.05, 4.69) is 11.4 Å². The normalized spacial score (nSPS) is 17.2. The van der Waals surface area contributed by atoms with Gasteiger partial charge in [0.05, 0.1) is 17.5 Å². The Morgan fingerprint density at radius 3 is 2.46 bits per heavy atom. The third-order valence-corrected chi connectivity index (χ3v) is 7.18. The number of anilines is 1. The van der Waals surface area contributed by atoms with Gasteiger partial charge in [0.1, 0.15) is 0 Å². The van der Waals surface area contributed by atoms with Gasteiger partial charge in [0.15, 0.2) is 0 Å². The number of carbonyl (C=O) groups is 1. The van der Waals surface area contributed by atoms with Crippen LogP contribution in [0.25, 0.3) is 0 Å². The number of nitrogens with one attached hydrogen (secondary N) is 1. The van der Waals surface area contributed by atoms with E-state index in [1.807, 2.05) is 45.9 Å². The predicted octanol–water partition coefficient (Wildman–Crippen LogP) is 4.03. The highest BCUT2D eigenvalue weighted by Gasteiger charge is 2.27. The number of sulfonamides is 1. The zero-order chi connectivity index (χ0) is 20.5. The molecule has 6 heteroatoms. The van der Waals surface area contributed by atoms with Gasteiger partial charge in [-0.3, -0.25) is 9.10 Å². The number of rotatable bonds is 4. The number of nitrogens with zero attached hydrogens (tertiary/aromatic N) is 1. The maximum atomic E-state index is 12.8. The lowest BCUT2D eigenvalue weighted by Crippen LogP contribution is -2.38. The number of amides is 1. The van der Waals surface area contributed by atoms with Crippen LogP contribution in [0.4, 0.5) is 5.69 Å². The van der Waals surface area contributed by atoms with Crippen molar-refractivity contribution >= 4 is 21.6 Å². The van der Waals surface area contributed by atoms with Gasteiger partial charge in [-0.1, -0.05) is 29.8 Å². The van der Waals surface area contributed by atoms with Crippen LogP contribution in [0.3, 0.4) is 0 Å². The molecule has 2 aromatic rings. The van der Waals surface area contributed by atoms with Gasteiger partial charge in [0.25, 0.3) is 5.91 Å². The van der Waals surface area contributed by atoms with Gasteiger partial charge in [-0.25, -0.2) is 8.42 Å². The largest absolute Gasteiger partial charge is 0.346 e. The first-order valence-electron chi connectivity index (χ1n) is 9.68. The second-order valence-electron chi connectivity index (χ2n) is 7.65. The Bertz CT molecular complexity index is 999. The van der Waals surface area contributed by atoms with E-state index >= 15 is 0 Å². The minimum absolute atomic E-state index is 0.142. The lowest BCUT2D eigenvalue weighted by Gasteiger charge is -2.30. The summed E-state index contributed by atoms with van der Waals surface area (Å²) in [7, 11) is -3.32.